The van der Waals surface area contributed by atoms with Gasteiger partial charge in [0.25, 0.3) is 5.91 Å². The van der Waals surface area contributed by atoms with Crippen LogP contribution in [0, 0.1) is 0 Å². The van der Waals surface area contributed by atoms with E-state index in [0.717, 1.165) is 29.3 Å². The summed E-state index contributed by atoms with van der Waals surface area (Å²) in [6.45, 7) is 0.455. The van der Waals surface area contributed by atoms with Gasteiger partial charge in [0.2, 0.25) is 0 Å². The maximum atomic E-state index is 13.4. The number of methoxy groups -OCH3 is 1. The largest absolute Gasteiger partial charge is 0.494 e. The maximum Gasteiger partial charge on any atom is 0.260 e. The average molecular weight is 409 g/mol. The predicted octanol–water partition coefficient (Wildman–Crippen LogP) is 4.81. The normalized spacial score (nSPS) is 13.1. The maximum absolute atomic E-state index is 13.4. The van der Waals surface area contributed by atoms with Gasteiger partial charge in [0.15, 0.2) is 5.13 Å². The Kier molecular flexibility index (Phi) is 5.90. The van der Waals surface area contributed by atoms with E-state index in [1.165, 1.54) is 35.3 Å². The molecular weight excluding hydrogens is 384 g/mol. The molecule has 5 nitrogen and oxygen atoms in total. The fourth-order valence-corrected chi connectivity index (χ4v) is 4.84. The summed E-state index contributed by atoms with van der Waals surface area (Å²) in [7, 11) is 1.62. The van der Waals surface area contributed by atoms with Crippen molar-refractivity contribution in [1.82, 2.24) is 4.98 Å². The number of rotatable bonds is 7. The number of aldehydes is 1. The zero-order valence-corrected chi connectivity index (χ0v) is 17.3. The summed E-state index contributed by atoms with van der Waals surface area (Å²) >= 11 is 1.47. The first-order chi connectivity index (χ1) is 14.2. The Morgan fingerprint density at radius 1 is 1.21 bits per heavy atom. The van der Waals surface area contributed by atoms with Gasteiger partial charge in [-0.1, -0.05) is 23.5 Å². The first-order valence-electron chi connectivity index (χ1n) is 10.0. The van der Waals surface area contributed by atoms with Gasteiger partial charge in [-0.3, -0.25) is 9.69 Å². The number of amides is 1. The first kappa shape index (κ1) is 19.6. The van der Waals surface area contributed by atoms with E-state index in [1.54, 1.807) is 12.0 Å². The van der Waals surface area contributed by atoms with Gasteiger partial charge in [0.1, 0.15) is 17.6 Å². The van der Waals surface area contributed by atoms with Crippen LogP contribution in [-0.4, -0.2) is 30.8 Å². The second-order valence-electron chi connectivity index (χ2n) is 7.26. The number of thiazole rings is 1. The van der Waals surface area contributed by atoms with Gasteiger partial charge in [0, 0.05) is 18.5 Å². The second-order valence-corrected chi connectivity index (χ2v) is 8.27. The Balaban J connectivity index is 1.70. The summed E-state index contributed by atoms with van der Waals surface area (Å²) in [6, 6.07) is 11.8. The molecule has 0 spiro atoms. The van der Waals surface area contributed by atoms with Crippen molar-refractivity contribution in [2.75, 3.05) is 18.6 Å². The number of hydrogen-bond donors (Lipinski definition) is 0. The van der Waals surface area contributed by atoms with Gasteiger partial charge in [-0.15, -0.1) is 0 Å². The Morgan fingerprint density at radius 3 is 2.83 bits per heavy atom. The minimum Gasteiger partial charge on any atom is -0.494 e. The topological polar surface area (TPSA) is 59.5 Å². The molecule has 2 aromatic carbocycles. The molecule has 1 heterocycles. The summed E-state index contributed by atoms with van der Waals surface area (Å²) in [4.78, 5) is 30.7. The van der Waals surface area contributed by atoms with E-state index in [-0.39, 0.29) is 5.91 Å². The number of ether oxygens (including phenoxy) is 1. The molecule has 0 atom stereocenters. The summed E-state index contributed by atoms with van der Waals surface area (Å²) < 4.78 is 6.39. The van der Waals surface area contributed by atoms with Crippen LogP contribution < -0.4 is 9.64 Å². The molecule has 4 rings (SSSR count). The minimum atomic E-state index is -0.0673. The van der Waals surface area contributed by atoms with Crippen molar-refractivity contribution in [3.05, 3.63) is 53.1 Å². The van der Waals surface area contributed by atoms with Gasteiger partial charge < -0.3 is 9.53 Å². The molecule has 1 aliphatic rings. The lowest BCUT2D eigenvalue weighted by atomic mass is 9.90. The third-order valence-electron chi connectivity index (χ3n) is 5.37. The van der Waals surface area contributed by atoms with Crippen molar-refractivity contribution in [3.8, 4) is 5.75 Å². The van der Waals surface area contributed by atoms with Crippen molar-refractivity contribution in [2.24, 2.45) is 0 Å². The van der Waals surface area contributed by atoms with E-state index < -0.39 is 0 Å². The van der Waals surface area contributed by atoms with Gasteiger partial charge in [-0.05, 0) is 67.5 Å². The first-order valence-corrected chi connectivity index (χ1v) is 10.8. The quantitative estimate of drug-likeness (QED) is 0.416. The molecule has 0 bridgehead atoms. The number of unbranched alkanes of at least 4 members (excludes halogenated alkanes) is 1. The summed E-state index contributed by atoms with van der Waals surface area (Å²) in [5, 5.41) is 0.637. The number of carbonyl (C=O) groups excluding carboxylic acids is 2. The Labute approximate surface area is 174 Å². The van der Waals surface area contributed by atoms with Crippen molar-refractivity contribution in [1.29, 1.82) is 0 Å². The number of hydrogen-bond acceptors (Lipinski definition) is 5. The molecule has 1 aliphatic carbocycles. The lowest BCUT2D eigenvalue weighted by molar-refractivity contribution is -0.107. The standard InChI is InChI=1S/C23H24N2O3S/c1-28-19-9-6-10-20-21(19)24-23(29-20)25(13-4-5-14-26)22(27)18-12-11-16-7-2-3-8-17(16)15-18/h6,9-12,14-15H,2-5,7-8,13H2,1H3. The summed E-state index contributed by atoms with van der Waals surface area (Å²) in [6.07, 6.45) is 6.42. The average Bonchev–Trinajstić information content (AvgIpc) is 3.20. The molecule has 150 valence electrons. The van der Waals surface area contributed by atoms with Crippen molar-refractivity contribution in [2.45, 2.75) is 38.5 Å². The van der Waals surface area contributed by atoms with Crippen LogP contribution in [0.1, 0.15) is 47.2 Å². The number of benzene rings is 2. The number of anilines is 1. The zero-order chi connectivity index (χ0) is 20.2. The monoisotopic (exact) mass is 408 g/mol. The predicted molar refractivity (Wildman–Crippen MR) is 116 cm³/mol. The van der Waals surface area contributed by atoms with Crippen LogP contribution in [0.3, 0.4) is 0 Å². The van der Waals surface area contributed by atoms with Crippen molar-refractivity contribution in [3.63, 3.8) is 0 Å². The highest BCUT2D eigenvalue weighted by Crippen LogP contribution is 2.35. The third kappa shape index (κ3) is 4.03. The Hall–Kier alpha value is -2.73. The molecule has 0 N–H and O–H groups in total. The molecule has 29 heavy (non-hydrogen) atoms. The SMILES string of the molecule is COc1cccc2sc(N(CCCC=O)C(=O)c3ccc4c(c3)CCCC4)nc12. The smallest absolute Gasteiger partial charge is 0.260 e. The summed E-state index contributed by atoms with van der Waals surface area (Å²) in [5.41, 5.74) is 4.07. The highest BCUT2D eigenvalue weighted by molar-refractivity contribution is 7.22. The highest BCUT2D eigenvalue weighted by Gasteiger charge is 2.23. The zero-order valence-electron chi connectivity index (χ0n) is 16.5. The number of fused-ring (bicyclic) bond motifs is 2. The molecule has 0 unspecified atom stereocenters. The minimum absolute atomic E-state index is 0.0673. The van der Waals surface area contributed by atoms with Gasteiger partial charge >= 0.3 is 0 Å². The fraction of sp³-hybridized carbons (Fsp3) is 0.348. The molecule has 1 aromatic heterocycles. The highest BCUT2D eigenvalue weighted by atomic mass is 32.1. The molecule has 0 fully saturated rings. The van der Waals surface area contributed by atoms with E-state index in [1.807, 2.05) is 30.3 Å². The van der Waals surface area contributed by atoms with Crippen LogP contribution in [-0.2, 0) is 17.6 Å². The fourth-order valence-electron chi connectivity index (χ4n) is 3.83. The van der Waals surface area contributed by atoms with E-state index >= 15 is 0 Å². The molecule has 3 aromatic rings. The van der Waals surface area contributed by atoms with Crippen LogP contribution in [0.25, 0.3) is 10.2 Å². The van der Waals surface area contributed by atoms with E-state index in [0.29, 0.717) is 35.8 Å². The molecular formula is C23H24N2O3S. The molecule has 0 saturated carbocycles. The molecule has 0 saturated heterocycles. The Bertz CT molecular complexity index is 1040. The number of nitrogens with zero attached hydrogens (tertiary/aromatic N) is 2. The van der Waals surface area contributed by atoms with Crippen molar-refractivity contribution < 1.29 is 14.3 Å². The molecule has 0 aliphatic heterocycles. The van der Waals surface area contributed by atoms with Gasteiger partial charge in [-0.25, -0.2) is 4.98 Å². The number of carbonyl (C=O) groups is 2. The number of aryl methyl sites for hydroxylation is 2. The van der Waals surface area contributed by atoms with Crippen molar-refractivity contribution >= 4 is 38.9 Å². The second kappa shape index (κ2) is 8.74. The summed E-state index contributed by atoms with van der Waals surface area (Å²) in [5.74, 6) is 0.626. The van der Waals surface area contributed by atoms with Gasteiger partial charge in [-0.2, -0.15) is 0 Å². The lowest BCUT2D eigenvalue weighted by Crippen LogP contribution is -2.32. The molecule has 6 heteroatoms. The van der Waals surface area contributed by atoms with Gasteiger partial charge in [0.05, 0.1) is 11.8 Å². The van der Waals surface area contributed by atoms with E-state index in [2.05, 4.69) is 6.07 Å². The van der Waals surface area contributed by atoms with E-state index in [4.69, 9.17) is 9.72 Å². The number of aromatic nitrogens is 1. The molecule has 0 radical (unpaired) electrons. The third-order valence-corrected chi connectivity index (χ3v) is 6.41. The Morgan fingerprint density at radius 2 is 2.03 bits per heavy atom. The molecule has 1 amide bonds. The van der Waals surface area contributed by atoms with Crippen LogP contribution in [0.15, 0.2) is 36.4 Å². The van der Waals surface area contributed by atoms with Crippen LogP contribution in [0.4, 0.5) is 5.13 Å². The number of para-hydroxylation sites is 1. The van der Waals surface area contributed by atoms with E-state index in [9.17, 15) is 9.59 Å². The van der Waals surface area contributed by atoms with Crippen LogP contribution >= 0.6 is 11.3 Å². The van der Waals surface area contributed by atoms with Crippen LogP contribution in [0.2, 0.25) is 0 Å². The lowest BCUT2D eigenvalue weighted by Gasteiger charge is -2.21. The van der Waals surface area contributed by atoms with Crippen LogP contribution in [0.5, 0.6) is 5.75 Å².